The Bertz CT molecular complexity index is 506. The largest absolute Gasteiger partial charge is 0.519 e. The summed E-state index contributed by atoms with van der Waals surface area (Å²) in [5.41, 5.74) is 6.63. The number of fused-ring (bicyclic) bond motifs is 10. The molecule has 2 heteroatoms. The first-order chi connectivity index (χ1) is 8.86. The molecule has 18 heavy (non-hydrogen) atoms. The SMILES string of the molecule is O[I+]c1c2c(cc3c1[C@H]1CC[C@@H]3C1)[C@@H]1CC[C@H]2C1. The van der Waals surface area contributed by atoms with Crippen LogP contribution in [0.4, 0.5) is 0 Å². The van der Waals surface area contributed by atoms with Crippen LogP contribution in [0.3, 0.4) is 0 Å². The van der Waals surface area contributed by atoms with E-state index in [1.807, 2.05) is 0 Å². The molecule has 4 aliphatic carbocycles. The third kappa shape index (κ3) is 1.13. The summed E-state index contributed by atoms with van der Waals surface area (Å²) in [5.74, 6) is 3.33. The van der Waals surface area contributed by atoms with Gasteiger partial charge in [-0.2, -0.15) is 3.44 Å². The van der Waals surface area contributed by atoms with Crippen molar-refractivity contribution in [2.75, 3.05) is 0 Å². The molecule has 2 saturated carbocycles. The average Bonchev–Trinajstić information content (AvgIpc) is 3.15. The molecule has 1 aromatic rings. The van der Waals surface area contributed by atoms with E-state index < -0.39 is 21.6 Å². The molecule has 1 N–H and O–H groups in total. The van der Waals surface area contributed by atoms with Crippen LogP contribution in [0, 0.1) is 3.57 Å². The van der Waals surface area contributed by atoms with Gasteiger partial charge in [-0.05, 0) is 73.3 Å². The summed E-state index contributed by atoms with van der Waals surface area (Å²) in [5, 5.41) is 0. The van der Waals surface area contributed by atoms with Gasteiger partial charge >= 0.3 is 21.6 Å². The predicted molar refractivity (Wildman–Crippen MR) is 66.0 cm³/mol. The maximum Gasteiger partial charge on any atom is 0.519 e. The normalized spacial score (nSPS) is 38.3. The molecule has 2 fully saturated rings. The Morgan fingerprint density at radius 1 is 0.833 bits per heavy atom. The number of hydrogen-bond donors (Lipinski definition) is 1. The van der Waals surface area contributed by atoms with Gasteiger partial charge in [0.05, 0.1) is 0 Å². The molecule has 0 spiro atoms. The van der Waals surface area contributed by atoms with Crippen LogP contribution in [0.2, 0.25) is 0 Å². The first-order valence-corrected chi connectivity index (χ1v) is 9.40. The molecule has 94 valence electrons. The summed E-state index contributed by atoms with van der Waals surface area (Å²) < 4.78 is 11.5. The van der Waals surface area contributed by atoms with Crippen molar-refractivity contribution in [3.05, 3.63) is 31.9 Å². The van der Waals surface area contributed by atoms with Gasteiger partial charge in [-0.1, -0.05) is 6.07 Å². The fraction of sp³-hybridized carbons (Fsp3) is 0.625. The minimum atomic E-state index is -0.726. The van der Waals surface area contributed by atoms with E-state index in [9.17, 15) is 3.44 Å². The summed E-state index contributed by atoms with van der Waals surface area (Å²) in [6.07, 6.45) is 8.39. The predicted octanol–water partition coefficient (Wildman–Crippen LogP) is 0.582. The molecular formula is C16H18IO+. The fourth-order valence-electron chi connectivity index (χ4n) is 5.37. The van der Waals surface area contributed by atoms with Gasteiger partial charge in [-0.25, -0.2) is 0 Å². The first kappa shape index (κ1) is 10.7. The second kappa shape index (κ2) is 3.51. The highest BCUT2D eigenvalue weighted by Gasteiger charge is 2.49. The Hall–Kier alpha value is -0.0900. The molecule has 0 aliphatic heterocycles. The highest BCUT2D eigenvalue weighted by molar-refractivity contribution is 5.52. The highest BCUT2D eigenvalue weighted by Crippen LogP contribution is 2.59. The number of benzene rings is 1. The Morgan fingerprint density at radius 3 is 1.83 bits per heavy atom. The lowest BCUT2D eigenvalue weighted by Gasteiger charge is -2.21. The molecule has 0 unspecified atom stereocenters. The maximum atomic E-state index is 10.0. The van der Waals surface area contributed by atoms with Gasteiger partial charge in [0.1, 0.15) is 0 Å². The first-order valence-electron chi connectivity index (χ1n) is 7.36. The molecular weight excluding hydrogens is 335 g/mol. The number of hydrogen-bond acceptors (Lipinski definition) is 1. The van der Waals surface area contributed by atoms with Crippen LogP contribution < -0.4 is 21.6 Å². The Morgan fingerprint density at radius 2 is 1.33 bits per heavy atom. The summed E-state index contributed by atoms with van der Waals surface area (Å²) >= 11 is -0.726. The van der Waals surface area contributed by atoms with E-state index in [4.69, 9.17) is 0 Å². The second-order valence-electron chi connectivity index (χ2n) is 6.69. The summed E-state index contributed by atoms with van der Waals surface area (Å²) in [6, 6.07) is 2.58. The van der Waals surface area contributed by atoms with Gasteiger partial charge in [0.2, 0.25) is 3.57 Å². The van der Waals surface area contributed by atoms with Gasteiger partial charge in [-0.3, -0.25) is 0 Å². The summed E-state index contributed by atoms with van der Waals surface area (Å²) in [4.78, 5) is 0. The Labute approximate surface area is 119 Å². The van der Waals surface area contributed by atoms with Crippen molar-refractivity contribution < 1.29 is 25.1 Å². The van der Waals surface area contributed by atoms with Crippen LogP contribution in [0.15, 0.2) is 6.07 Å². The third-order valence-corrected chi connectivity index (χ3v) is 7.70. The Kier molecular flexibility index (Phi) is 2.08. The number of rotatable bonds is 1. The molecule has 0 saturated heterocycles. The zero-order valence-corrected chi connectivity index (χ0v) is 12.6. The molecule has 0 heterocycles. The van der Waals surface area contributed by atoms with Crippen molar-refractivity contribution in [2.24, 2.45) is 0 Å². The van der Waals surface area contributed by atoms with E-state index in [-0.39, 0.29) is 0 Å². The zero-order chi connectivity index (χ0) is 11.9. The smallest absolute Gasteiger partial charge is 0.156 e. The monoisotopic (exact) mass is 353 g/mol. The quantitative estimate of drug-likeness (QED) is 0.733. The standard InChI is InChI=1S/C16H18IO/c18-17-16-14-10-3-1-8(5-10)12(14)7-13-9-2-4-11(6-9)15(13)16/h7-11,18H,1-6H2/q+1/t8-,9-,10+,11+/m1/s1. The van der Waals surface area contributed by atoms with Crippen molar-refractivity contribution in [3.8, 4) is 0 Å². The Balaban J connectivity index is 1.82. The third-order valence-electron chi connectivity index (χ3n) is 6.05. The van der Waals surface area contributed by atoms with Gasteiger partial charge in [0.15, 0.2) is 0 Å². The minimum Gasteiger partial charge on any atom is -0.156 e. The van der Waals surface area contributed by atoms with Crippen LogP contribution >= 0.6 is 0 Å². The molecule has 0 aromatic heterocycles. The summed E-state index contributed by atoms with van der Waals surface area (Å²) in [7, 11) is 0. The van der Waals surface area contributed by atoms with E-state index in [0.717, 1.165) is 23.7 Å². The average molecular weight is 353 g/mol. The molecule has 0 amide bonds. The van der Waals surface area contributed by atoms with Crippen LogP contribution in [-0.4, -0.2) is 3.44 Å². The van der Waals surface area contributed by atoms with E-state index in [1.165, 1.54) is 42.1 Å². The summed E-state index contributed by atoms with van der Waals surface area (Å²) in [6.45, 7) is 0. The topological polar surface area (TPSA) is 20.2 Å². The highest BCUT2D eigenvalue weighted by atomic mass is 127. The van der Waals surface area contributed by atoms with Crippen LogP contribution in [0.25, 0.3) is 0 Å². The molecule has 0 radical (unpaired) electrons. The molecule has 5 rings (SSSR count). The lowest BCUT2D eigenvalue weighted by Crippen LogP contribution is -3.61. The van der Waals surface area contributed by atoms with Crippen molar-refractivity contribution in [2.45, 2.75) is 62.2 Å². The van der Waals surface area contributed by atoms with Gasteiger partial charge in [0.25, 0.3) is 0 Å². The maximum absolute atomic E-state index is 10.0. The molecule has 4 aliphatic rings. The van der Waals surface area contributed by atoms with Crippen LogP contribution in [-0.2, 0) is 0 Å². The molecule has 4 atom stereocenters. The lowest BCUT2D eigenvalue weighted by atomic mass is 9.83. The zero-order valence-electron chi connectivity index (χ0n) is 10.5. The van der Waals surface area contributed by atoms with Gasteiger partial charge < -0.3 is 0 Å². The fourth-order valence-corrected chi connectivity index (χ4v) is 7.39. The molecule has 4 bridgehead atoms. The second-order valence-corrected chi connectivity index (χ2v) is 8.26. The van der Waals surface area contributed by atoms with E-state index in [2.05, 4.69) is 6.07 Å². The lowest BCUT2D eigenvalue weighted by molar-refractivity contribution is -0.867. The van der Waals surface area contributed by atoms with Crippen LogP contribution in [0.1, 0.15) is 84.5 Å². The molecule has 1 aromatic carbocycles. The van der Waals surface area contributed by atoms with Crippen molar-refractivity contribution in [3.63, 3.8) is 0 Å². The van der Waals surface area contributed by atoms with E-state index in [1.54, 1.807) is 22.3 Å². The van der Waals surface area contributed by atoms with Crippen LogP contribution in [0.5, 0.6) is 0 Å². The van der Waals surface area contributed by atoms with E-state index >= 15 is 0 Å². The van der Waals surface area contributed by atoms with E-state index in [0.29, 0.717) is 0 Å². The van der Waals surface area contributed by atoms with Crippen molar-refractivity contribution in [1.29, 1.82) is 0 Å². The van der Waals surface area contributed by atoms with Crippen molar-refractivity contribution in [1.82, 2.24) is 0 Å². The molecule has 1 nitrogen and oxygen atoms in total. The minimum absolute atomic E-state index is 0.726. The van der Waals surface area contributed by atoms with Crippen molar-refractivity contribution >= 4 is 0 Å². The van der Waals surface area contributed by atoms with Gasteiger partial charge in [0, 0.05) is 11.1 Å². The number of halogens is 1. The van der Waals surface area contributed by atoms with Gasteiger partial charge in [-0.15, -0.1) is 0 Å².